The molecular formula is C14H20OS. The van der Waals surface area contributed by atoms with Gasteiger partial charge in [0.2, 0.25) is 0 Å². The van der Waals surface area contributed by atoms with E-state index in [4.69, 9.17) is 0 Å². The largest absolute Gasteiger partial charge is 0.300 e. The molecule has 0 N–H and O–H groups in total. The Kier molecular flexibility index (Phi) is 8.64. The Morgan fingerprint density at radius 1 is 1.25 bits per heavy atom. The summed E-state index contributed by atoms with van der Waals surface area (Å²) in [5.74, 6) is 0.207. The summed E-state index contributed by atoms with van der Waals surface area (Å²) in [4.78, 5) is 12.1. The third kappa shape index (κ3) is 6.46. The first-order valence-electron chi connectivity index (χ1n) is 5.58. The van der Waals surface area contributed by atoms with E-state index in [9.17, 15) is 4.79 Å². The summed E-state index contributed by atoms with van der Waals surface area (Å²) in [5, 5.41) is 2.04. The Morgan fingerprint density at radius 3 is 2.25 bits per heavy atom. The van der Waals surface area contributed by atoms with Crippen LogP contribution in [0, 0.1) is 0 Å². The van der Waals surface area contributed by atoms with Crippen LogP contribution in [0.2, 0.25) is 0 Å². The Balaban J connectivity index is 0.00000106. The lowest BCUT2D eigenvalue weighted by Crippen LogP contribution is -1.95. The molecule has 0 fully saturated rings. The molecule has 0 aliphatic rings. The monoisotopic (exact) mass is 236 g/mol. The lowest BCUT2D eigenvalue weighted by Gasteiger charge is -1.99. The molecule has 0 heterocycles. The number of Topliss-reactive ketones (excluding diaryl/α,β-unsaturated/α-hetero) is 1. The summed E-state index contributed by atoms with van der Waals surface area (Å²) >= 11 is 1.68. The Morgan fingerprint density at radius 2 is 1.81 bits per heavy atom. The molecule has 0 spiro atoms. The smallest absolute Gasteiger partial charge is 0.134 e. The average molecular weight is 236 g/mol. The Labute approximate surface area is 103 Å². The van der Waals surface area contributed by atoms with Crippen molar-refractivity contribution >= 4 is 17.5 Å². The van der Waals surface area contributed by atoms with Gasteiger partial charge in [-0.05, 0) is 37.0 Å². The molecule has 0 unspecified atom stereocenters. The number of carbonyl (C=O) groups is 1. The molecule has 2 heteroatoms. The lowest BCUT2D eigenvalue weighted by molar-refractivity contribution is -0.116. The van der Waals surface area contributed by atoms with Crippen LogP contribution in [0.4, 0.5) is 0 Å². The number of carbonyl (C=O) groups excluding carboxylic acids is 1. The molecular weight excluding hydrogens is 216 g/mol. The van der Waals surface area contributed by atoms with E-state index in [-0.39, 0.29) is 5.78 Å². The second-order valence-corrected chi connectivity index (χ2v) is 4.09. The van der Waals surface area contributed by atoms with Gasteiger partial charge in [-0.1, -0.05) is 43.8 Å². The predicted molar refractivity (Wildman–Crippen MR) is 72.8 cm³/mol. The first kappa shape index (κ1) is 15.0. The molecule has 1 rings (SSSR count). The summed E-state index contributed by atoms with van der Waals surface area (Å²) in [6, 6.07) is 8.10. The van der Waals surface area contributed by atoms with E-state index >= 15 is 0 Å². The van der Waals surface area contributed by atoms with E-state index in [0.29, 0.717) is 6.42 Å². The maximum Gasteiger partial charge on any atom is 0.134 e. The topological polar surface area (TPSA) is 17.1 Å². The van der Waals surface area contributed by atoms with Crippen LogP contribution < -0.4 is 0 Å². The van der Waals surface area contributed by atoms with Gasteiger partial charge in [0, 0.05) is 11.3 Å². The second-order valence-electron chi connectivity index (χ2n) is 3.11. The highest BCUT2D eigenvalue weighted by atomic mass is 32.2. The maximum atomic E-state index is 10.9. The van der Waals surface area contributed by atoms with Crippen molar-refractivity contribution in [2.75, 3.05) is 0 Å². The van der Waals surface area contributed by atoms with Gasteiger partial charge in [0.05, 0.1) is 0 Å². The number of hydrogen-bond acceptors (Lipinski definition) is 2. The SMILES string of the molecule is C/C=C\Sc1ccc(CC(C)=O)cc1.CC. The summed E-state index contributed by atoms with van der Waals surface area (Å²) < 4.78 is 0. The maximum absolute atomic E-state index is 10.9. The van der Waals surface area contributed by atoms with E-state index < -0.39 is 0 Å². The molecule has 0 radical (unpaired) electrons. The van der Waals surface area contributed by atoms with Gasteiger partial charge in [-0.25, -0.2) is 0 Å². The van der Waals surface area contributed by atoms with Crippen molar-refractivity contribution in [1.82, 2.24) is 0 Å². The fourth-order valence-corrected chi connectivity index (χ4v) is 1.71. The number of benzene rings is 1. The highest BCUT2D eigenvalue weighted by molar-refractivity contribution is 8.02. The van der Waals surface area contributed by atoms with Crippen molar-refractivity contribution in [3.05, 3.63) is 41.3 Å². The van der Waals surface area contributed by atoms with Crippen molar-refractivity contribution in [3.63, 3.8) is 0 Å². The van der Waals surface area contributed by atoms with E-state index in [2.05, 4.69) is 0 Å². The second kappa shape index (κ2) is 9.22. The van der Waals surface area contributed by atoms with Crippen LogP contribution in [0.3, 0.4) is 0 Å². The highest BCUT2D eigenvalue weighted by Gasteiger charge is 1.97. The van der Waals surface area contributed by atoms with Crippen LogP contribution in [-0.4, -0.2) is 5.78 Å². The first-order valence-corrected chi connectivity index (χ1v) is 6.46. The third-order valence-corrected chi connectivity index (χ3v) is 2.67. The molecule has 0 bridgehead atoms. The molecule has 1 aromatic carbocycles. The molecule has 16 heavy (non-hydrogen) atoms. The summed E-state index contributed by atoms with van der Waals surface area (Å²) in [6.07, 6.45) is 2.54. The molecule has 0 aliphatic heterocycles. The zero-order chi connectivity index (χ0) is 12.4. The molecule has 0 aliphatic carbocycles. The Bertz CT molecular complexity index is 325. The fraction of sp³-hybridized carbons (Fsp3) is 0.357. The molecule has 0 aromatic heterocycles. The van der Waals surface area contributed by atoms with Crippen LogP contribution in [0.5, 0.6) is 0 Å². The van der Waals surface area contributed by atoms with Crippen molar-refractivity contribution in [3.8, 4) is 0 Å². The average Bonchev–Trinajstić information content (AvgIpc) is 2.30. The van der Waals surface area contributed by atoms with E-state index in [0.717, 1.165) is 5.56 Å². The standard InChI is InChI=1S/C12H14OS.C2H6/c1-3-8-14-12-6-4-11(5-7-12)9-10(2)13;1-2/h3-8H,9H2,1-2H3;1-2H3/b8-3-;. The van der Waals surface area contributed by atoms with E-state index in [1.54, 1.807) is 18.7 Å². The Hall–Kier alpha value is -1.02. The van der Waals surface area contributed by atoms with Gasteiger partial charge in [0.25, 0.3) is 0 Å². The zero-order valence-corrected chi connectivity index (χ0v) is 11.3. The van der Waals surface area contributed by atoms with Crippen LogP contribution >= 0.6 is 11.8 Å². The number of thioether (sulfide) groups is 1. The van der Waals surface area contributed by atoms with Crippen molar-refractivity contribution < 1.29 is 4.79 Å². The minimum absolute atomic E-state index is 0.207. The van der Waals surface area contributed by atoms with E-state index in [1.807, 2.05) is 56.5 Å². The number of allylic oxidation sites excluding steroid dienone is 1. The number of ketones is 1. The number of hydrogen-bond donors (Lipinski definition) is 0. The van der Waals surface area contributed by atoms with Crippen LogP contribution in [0.25, 0.3) is 0 Å². The molecule has 0 saturated heterocycles. The quantitative estimate of drug-likeness (QED) is 0.717. The lowest BCUT2D eigenvalue weighted by atomic mass is 10.1. The normalized spacial score (nSPS) is 9.75. The van der Waals surface area contributed by atoms with Crippen LogP contribution in [0.1, 0.15) is 33.3 Å². The summed E-state index contributed by atoms with van der Waals surface area (Å²) in [5.41, 5.74) is 1.09. The van der Waals surface area contributed by atoms with Gasteiger partial charge >= 0.3 is 0 Å². The van der Waals surface area contributed by atoms with Gasteiger partial charge < -0.3 is 0 Å². The van der Waals surface area contributed by atoms with Gasteiger partial charge in [0.15, 0.2) is 0 Å². The van der Waals surface area contributed by atoms with E-state index in [1.165, 1.54) is 4.90 Å². The molecule has 88 valence electrons. The van der Waals surface area contributed by atoms with Crippen molar-refractivity contribution in [2.24, 2.45) is 0 Å². The minimum Gasteiger partial charge on any atom is -0.300 e. The molecule has 1 nitrogen and oxygen atoms in total. The molecule has 0 amide bonds. The van der Waals surface area contributed by atoms with Crippen LogP contribution in [-0.2, 0) is 11.2 Å². The summed E-state index contributed by atoms with van der Waals surface area (Å²) in [6.45, 7) is 7.61. The minimum atomic E-state index is 0.207. The van der Waals surface area contributed by atoms with Gasteiger partial charge in [-0.3, -0.25) is 4.79 Å². The first-order chi connectivity index (χ1) is 7.72. The fourth-order valence-electron chi connectivity index (χ4n) is 1.12. The van der Waals surface area contributed by atoms with Crippen LogP contribution in [0.15, 0.2) is 40.6 Å². The predicted octanol–water partition coefficient (Wildman–Crippen LogP) is 4.47. The van der Waals surface area contributed by atoms with Gasteiger partial charge in [-0.2, -0.15) is 0 Å². The molecule has 1 aromatic rings. The van der Waals surface area contributed by atoms with Gasteiger partial charge in [0.1, 0.15) is 5.78 Å². The third-order valence-electron chi connectivity index (χ3n) is 1.72. The molecule has 0 saturated carbocycles. The van der Waals surface area contributed by atoms with Crippen molar-refractivity contribution in [1.29, 1.82) is 0 Å². The number of rotatable bonds is 4. The summed E-state index contributed by atoms with van der Waals surface area (Å²) in [7, 11) is 0. The van der Waals surface area contributed by atoms with Gasteiger partial charge in [-0.15, -0.1) is 0 Å². The van der Waals surface area contributed by atoms with Crippen molar-refractivity contribution in [2.45, 2.75) is 39.0 Å². The zero-order valence-electron chi connectivity index (χ0n) is 10.5. The molecule has 0 atom stereocenters. The highest BCUT2D eigenvalue weighted by Crippen LogP contribution is 2.19.